The highest BCUT2D eigenvalue weighted by Crippen LogP contribution is 2.55. The van der Waals surface area contributed by atoms with Gasteiger partial charge in [-0.2, -0.15) is 0 Å². The molecule has 8 heteroatoms. The van der Waals surface area contributed by atoms with Crippen molar-refractivity contribution in [2.24, 2.45) is 0 Å². The molecule has 2 heterocycles. The highest BCUT2D eigenvalue weighted by molar-refractivity contribution is 8.01. The van der Waals surface area contributed by atoms with Crippen molar-refractivity contribution in [3.8, 4) is 11.5 Å². The van der Waals surface area contributed by atoms with Crippen LogP contribution in [0.2, 0.25) is 5.02 Å². The fourth-order valence-corrected chi connectivity index (χ4v) is 6.16. The number of fused-ring (bicyclic) bond motifs is 2. The van der Waals surface area contributed by atoms with Gasteiger partial charge in [-0.3, -0.25) is 9.59 Å². The van der Waals surface area contributed by atoms with Crippen molar-refractivity contribution >= 4 is 40.9 Å². The predicted octanol–water partition coefficient (Wildman–Crippen LogP) is 4.95. The Morgan fingerprint density at radius 3 is 2.50 bits per heavy atom. The van der Waals surface area contributed by atoms with E-state index in [1.807, 2.05) is 42.5 Å². The van der Waals surface area contributed by atoms with E-state index < -0.39 is 4.87 Å². The summed E-state index contributed by atoms with van der Waals surface area (Å²) < 4.78 is 10.8. The highest BCUT2D eigenvalue weighted by atomic mass is 35.5. The fourth-order valence-electron chi connectivity index (χ4n) is 4.58. The number of rotatable bonds is 5. The number of benzene rings is 3. The molecular weight excluding hydrogens is 472 g/mol. The average molecular weight is 495 g/mol. The molecule has 174 valence electrons. The standard InChI is InChI=1S/C26H23ClN2O4S/c1-32-20-5-3-4-17(14-20)16-28-23-11-10-21(33-2)15-22(23)26(25(28)31)29(12-13-34-26)24(30)18-6-8-19(27)9-7-18/h3-11,14-15H,12-13,16H2,1-2H3/t26-/m0/s1. The molecule has 0 N–H and O–H groups in total. The summed E-state index contributed by atoms with van der Waals surface area (Å²) in [6.45, 7) is 0.822. The topological polar surface area (TPSA) is 59.1 Å². The summed E-state index contributed by atoms with van der Waals surface area (Å²) in [6.07, 6.45) is 0. The first-order valence-corrected chi connectivity index (χ1v) is 12.2. The monoisotopic (exact) mass is 494 g/mol. The van der Waals surface area contributed by atoms with Crippen molar-refractivity contribution in [1.29, 1.82) is 0 Å². The number of ether oxygens (including phenoxy) is 2. The maximum atomic E-state index is 14.2. The minimum Gasteiger partial charge on any atom is -0.497 e. The Bertz CT molecular complexity index is 1270. The molecule has 6 nitrogen and oxygen atoms in total. The van der Waals surface area contributed by atoms with Gasteiger partial charge >= 0.3 is 0 Å². The van der Waals surface area contributed by atoms with Gasteiger partial charge in [0.25, 0.3) is 11.8 Å². The van der Waals surface area contributed by atoms with Crippen LogP contribution in [0.15, 0.2) is 66.7 Å². The molecule has 0 radical (unpaired) electrons. The Labute approximate surface area is 207 Å². The van der Waals surface area contributed by atoms with Crippen molar-refractivity contribution < 1.29 is 19.1 Å². The number of carbonyl (C=O) groups is 2. The van der Waals surface area contributed by atoms with Gasteiger partial charge in [-0.1, -0.05) is 23.7 Å². The van der Waals surface area contributed by atoms with E-state index in [0.29, 0.717) is 35.2 Å². The summed E-state index contributed by atoms with van der Waals surface area (Å²) in [5, 5.41) is 0.554. The smallest absolute Gasteiger partial charge is 0.268 e. The van der Waals surface area contributed by atoms with Gasteiger partial charge in [0.05, 0.1) is 26.5 Å². The first-order chi connectivity index (χ1) is 16.5. The first-order valence-electron chi connectivity index (χ1n) is 10.8. The summed E-state index contributed by atoms with van der Waals surface area (Å²) in [5.74, 6) is 1.67. The van der Waals surface area contributed by atoms with Crippen LogP contribution < -0.4 is 14.4 Å². The Balaban J connectivity index is 1.59. The number of anilines is 1. The Hall–Kier alpha value is -3.16. The predicted molar refractivity (Wildman–Crippen MR) is 134 cm³/mol. The van der Waals surface area contributed by atoms with Crippen LogP contribution >= 0.6 is 23.4 Å². The molecule has 1 atom stereocenters. The normalized spacial score (nSPS) is 19.0. The van der Waals surface area contributed by atoms with E-state index in [1.54, 1.807) is 48.3 Å². The van der Waals surface area contributed by atoms with Gasteiger partial charge in [0.2, 0.25) is 0 Å². The quantitative estimate of drug-likeness (QED) is 0.502. The fraction of sp³-hybridized carbons (Fsp3) is 0.231. The Morgan fingerprint density at radius 1 is 1.03 bits per heavy atom. The minimum atomic E-state index is -1.15. The summed E-state index contributed by atoms with van der Waals surface area (Å²) in [5.41, 5.74) is 2.97. The molecule has 34 heavy (non-hydrogen) atoms. The minimum absolute atomic E-state index is 0.136. The molecule has 1 fully saturated rings. The maximum Gasteiger partial charge on any atom is 0.268 e. The second kappa shape index (κ2) is 8.89. The van der Waals surface area contributed by atoms with Crippen LogP contribution in [0, 0.1) is 0 Å². The lowest BCUT2D eigenvalue weighted by Crippen LogP contribution is -2.50. The van der Waals surface area contributed by atoms with Gasteiger partial charge in [-0.05, 0) is 60.2 Å². The molecule has 2 amide bonds. The molecule has 2 aliphatic heterocycles. The van der Waals surface area contributed by atoms with E-state index >= 15 is 0 Å². The van der Waals surface area contributed by atoms with E-state index in [4.69, 9.17) is 21.1 Å². The zero-order chi connectivity index (χ0) is 23.9. The lowest BCUT2D eigenvalue weighted by atomic mass is 10.0. The number of methoxy groups -OCH3 is 2. The number of thioether (sulfide) groups is 1. The third-order valence-corrected chi connectivity index (χ3v) is 7.88. The van der Waals surface area contributed by atoms with Crippen molar-refractivity contribution in [2.75, 3.05) is 31.4 Å². The van der Waals surface area contributed by atoms with Crippen LogP contribution in [0.5, 0.6) is 11.5 Å². The van der Waals surface area contributed by atoms with Crippen LogP contribution in [0.3, 0.4) is 0 Å². The number of amides is 2. The molecule has 0 saturated carbocycles. The number of hydrogen-bond donors (Lipinski definition) is 0. The third-order valence-electron chi connectivity index (χ3n) is 6.21. The number of hydrogen-bond acceptors (Lipinski definition) is 5. The van der Waals surface area contributed by atoms with Crippen LogP contribution in [0.1, 0.15) is 21.5 Å². The first kappa shape index (κ1) is 22.6. The van der Waals surface area contributed by atoms with Gasteiger partial charge in [0.1, 0.15) is 11.5 Å². The zero-order valence-corrected chi connectivity index (χ0v) is 20.4. The Morgan fingerprint density at radius 2 is 1.76 bits per heavy atom. The van der Waals surface area contributed by atoms with E-state index in [1.165, 1.54) is 11.8 Å². The number of halogens is 1. The number of carbonyl (C=O) groups excluding carboxylic acids is 2. The molecule has 3 aromatic rings. The van der Waals surface area contributed by atoms with Gasteiger partial charge in [-0.15, -0.1) is 11.8 Å². The lowest BCUT2D eigenvalue weighted by Gasteiger charge is -2.33. The van der Waals surface area contributed by atoms with E-state index in [9.17, 15) is 9.59 Å². The van der Waals surface area contributed by atoms with E-state index in [0.717, 1.165) is 22.6 Å². The molecule has 0 unspecified atom stereocenters. The largest absolute Gasteiger partial charge is 0.497 e. The summed E-state index contributed by atoms with van der Waals surface area (Å²) >= 11 is 7.51. The molecule has 2 aliphatic rings. The SMILES string of the molecule is COc1cccc(CN2C(=O)[C@@]3(SCCN3C(=O)c3ccc(Cl)cc3)c3cc(OC)ccc32)c1. The van der Waals surface area contributed by atoms with Crippen molar-refractivity contribution in [2.45, 2.75) is 11.4 Å². The van der Waals surface area contributed by atoms with E-state index in [-0.39, 0.29) is 11.8 Å². The molecule has 1 saturated heterocycles. The zero-order valence-electron chi connectivity index (χ0n) is 18.8. The Kier molecular flexibility index (Phi) is 5.91. The molecular formula is C26H23ClN2O4S. The lowest BCUT2D eigenvalue weighted by molar-refractivity contribution is -0.123. The number of nitrogens with zero attached hydrogens (tertiary/aromatic N) is 2. The van der Waals surface area contributed by atoms with Crippen LogP contribution in [0.25, 0.3) is 0 Å². The second-order valence-corrected chi connectivity index (χ2v) is 9.81. The summed E-state index contributed by atoms with van der Waals surface area (Å²) in [4.78, 5) is 30.1. The molecule has 0 bridgehead atoms. The highest BCUT2D eigenvalue weighted by Gasteiger charge is 2.59. The van der Waals surface area contributed by atoms with Gasteiger partial charge < -0.3 is 19.3 Å². The maximum absolute atomic E-state index is 14.2. The van der Waals surface area contributed by atoms with Crippen molar-refractivity contribution in [3.05, 3.63) is 88.4 Å². The third kappa shape index (κ3) is 3.60. The second-order valence-electron chi connectivity index (χ2n) is 8.08. The van der Waals surface area contributed by atoms with Crippen molar-refractivity contribution in [3.63, 3.8) is 0 Å². The summed E-state index contributed by atoms with van der Waals surface area (Å²) in [6, 6.07) is 20.0. The molecule has 1 spiro atoms. The van der Waals surface area contributed by atoms with Gasteiger partial charge in [-0.25, -0.2) is 0 Å². The van der Waals surface area contributed by atoms with Crippen molar-refractivity contribution in [1.82, 2.24) is 4.90 Å². The summed E-state index contributed by atoms with van der Waals surface area (Å²) in [7, 11) is 3.21. The van der Waals surface area contributed by atoms with Crippen LogP contribution in [0.4, 0.5) is 5.69 Å². The van der Waals surface area contributed by atoms with Gasteiger partial charge in [0.15, 0.2) is 4.87 Å². The van der Waals surface area contributed by atoms with Crippen LogP contribution in [-0.2, 0) is 16.2 Å². The molecule has 3 aromatic carbocycles. The molecule has 5 rings (SSSR count). The van der Waals surface area contributed by atoms with Gasteiger partial charge in [0, 0.05) is 28.4 Å². The molecule has 0 aromatic heterocycles. The molecule has 0 aliphatic carbocycles. The van der Waals surface area contributed by atoms with E-state index in [2.05, 4.69) is 0 Å². The average Bonchev–Trinajstić information content (AvgIpc) is 3.41. The van der Waals surface area contributed by atoms with Crippen LogP contribution in [-0.4, -0.2) is 43.2 Å².